The zero-order chi connectivity index (χ0) is 21.0. The number of benzene rings is 2. The average molecular weight is 471 g/mol. The molecule has 1 fully saturated rings. The molecular weight excluding hydrogens is 452 g/mol. The molecule has 0 N–H and O–H groups in total. The van der Waals surface area contributed by atoms with E-state index in [4.69, 9.17) is 4.74 Å². The van der Waals surface area contributed by atoms with Crippen LogP contribution in [-0.2, 0) is 20.7 Å². The van der Waals surface area contributed by atoms with Crippen LogP contribution in [0.4, 0.5) is 5.69 Å². The summed E-state index contributed by atoms with van der Waals surface area (Å²) < 4.78 is 5.91. The Morgan fingerprint density at radius 3 is 2.55 bits per heavy atom. The number of carbonyl (C=O) groups excluding carboxylic acids is 2. The summed E-state index contributed by atoms with van der Waals surface area (Å²) >= 11 is 4.62. The number of nitrogens with zero attached hydrogens (tertiary/aromatic N) is 2. The van der Waals surface area contributed by atoms with E-state index in [1.807, 2.05) is 49.4 Å². The molecule has 0 aromatic heterocycles. The van der Waals surface area contributed by atoms with Gasteiger partial charge in [0, 0.05) is 10.2 Å². The molecule has 2 aromatic rings. The van der Waals surface area contributed by atoms with Gasteiger partial charge in [-0.2, -0.15) is 5.26 Å². The lowest BCUT2D eigenvalue weighted by atomic mass is 10.0. The summed E-state index contributed by atoms with van der Waals surface area (Å²) in [7, 11) is 0. The van der Waals surface area contributed by atoms with Crippen molar-refractivity contribution in [1.29, 1.82) is 5.26 Å². The predicted molar refractivity (Wildman–Crippen MR) is 117 cm³/mol. The average Bonchev–Trinajstić information content (AvgIpc) is 3.01. The van der Waals surface area contributed by atoms with E-state index < -0.39 is 11.2 Å². The topological polar surface area (TPSA) is 70.4 Å². The van der Waals surface area contributed by atoms with Gasteiger partial charge in [-0.05, 0) is 55.7 Å². The zero-order valence-electron chi connectivity index (χ0n) is 16.0. The molecule has 0 spiro atoms. The fraction of sp³-hybridized carbons (Fsp3) is 0.227. The maximum absolute atomic E-state index is 13.3. The lowest BCUT2D eigenvalue weighted by Gasteiger charge is -2.18. The Balaban J connectivity index is 2.05. The van der Waals surface area contributed by atoms with Crippen molar-refractivity contribution in [3.63, 3.8) is 0 Å². The van der Waals surface area contributed by atoms with Crippen LogP contribution >= 0.6 is 27.7 Å². The highest BCUT2D eigenvalue weighted by molar-refractivity contribution is 9.10. The maximum atomic E-state index is 13.3. The van der Waals surface area contributed by atoms with Crippen LogP contribution < -0.4 is 4.90 Å². The summed E-state index contributed by atoms with van der Waals surface area (Å²) in [5, 5.41) is 9.51. The number of amides is 1. The van der Waals surface area contributed by atoms with Crippen LogP contribution in [0.5, 0.6) is 0 Å². The Kier molecular flexibility index (Phi) is 6.78. The molecule has 1 atom stereocenters. The van der Waals surface area contributed by atoms with E-state index in [1.165, 1.54) is 16.7 Å². The van der Waals surface area contributed by atoms with Crippen LogP contribution in [0.1, 0.15) is 18.1 Å². The molecule has 0 aliphatic carbocycles. The van der Waals surface area contributed by atoms with Gasteiger partial charge in [0.1, 0.15) is 11.1 Å². The monoisotopic (exact) mass is 470 g/mol. The lowest BCUT2D eigenvalue weighted by Crippen LogP contribution is -2.30. The fourth-order valence-electron chi connectivity index (χ4n) is 3.04. The molecule has 148 valence electrons. The van der Waals surface area contributed by atoms with Gasteiger partial charge in [0.2, 0.25) is 5.91 Å². The van der Waals surface area contributed by atoms with Crippen molar-refractivity contribution in [2.75, 3.05) is 11.5 Å². The summed E-state index contributed by atoms with van der Waals surface area (Å²) in [6.45, 7) is 3.83. The summed E-state index contributed by atoms with van der Waals surface area (Å²) in [6, 6.07) is 17.0. The minimum atomic E-state index is -0.719. The molecule has 2 aromatic carbocycles. The molecule has 3 rings (SSSR count). The molecule has 5 nitrogen and oxygen atoms in total. The number of carbonyl (C=O) groups is 2. The molecule has 0 unspecified atom stereocenters. The van der Waals surface area contributed by atoms with Crippen LogP contribution in [0, 0.1) is 18.3 Å². The number of hydrogen-bond acceptors (Lipinski definition) is 5. The molecular formula is C22H19BrN2O3S. The number of nitriles is 1. The Morgan fingerprint density at radius 1 is 1.24 bits per heavy atom. The van der Waals surface area contributed by atoms with Crippen LogP contribution in [-0.4, -0.2) is 23.7 Å². The van der Waals surface area contributed by atoms with Crippen LogP contribution in [0.3, 0.4) is 0 Å². The summed E-state index contributed by atoms with van der Waals surface area (Å²) in [5.41, 5.74) is 2.61. The molecule has 1 amide bonds. The molecule has 7 heteroatoms. The molecule has 1 aliphatic rings. The minimum Gasteiger partial charge on any atom is -0.462 e. The van der Waals surface area contributed by atoms with Crippen LogP contribution in [0.25, 0.3) is 0 Å². The van der Waals surface area contributed by atoms with Gasteiger partial charge in [-0.15, -0.1) is 0 Å². The van der Waals surface area contributed by atoms with Gasteiger partial charge >= 0.3 is 5.97 Å². The third-order valence-electron chi connectivity index (χ3n) is 4.51. The Morgan fingerprint density at radius 2 is 1.93 bits per heavy atom. The van der Waals surface area contributed by atoms with Crippen molar-refractivity contribution < 1.29 is 14.3 Å². The van der Waals surface area contributed by atoms with Crippen molar-refractivity contribution in [3.05, 3.63) is 74.7 Å². The van der Waals surface area contributed by atoms with E-state index in [-0.39, 0.29) is 18.1 Å². The number of ether oxygens (including phenoxy) is 1. The van der Waals surface area contributed by atoms with Gasteiger partial charge in [0.25, 0.3) is 0 Å². The molecule has 0 radical (unpaired) electrons. The van der Waals surface area contributed by atoms with E-state index in [0.717, 1.165) is 15.6 Å². The molecule has 0 saturated carbocycles. The van der Waals surface area contributed by atoms with Crippen molar-refractivity contribution in [1.82, 2.24) is 0 Å². The van der Waals surface area contributed by atoms with Gasteiger partial charge in [-0.25, -0.2) is 4.79 Å². The maximum Gasteiger partial charge on any atom is 0.351 e. The first-order valence-corrected chi connectivity index (χ1v) is 10.8. The van der Waals surface area contributed by atoms with E-state index in [0.29, 0.717) is 17.1 Å². The van der Waals surface area contributed by atoms with Gasteiger partial charge in [0.15, 0.2) is 5.57 Å². The molecule has 1 saturated heterocycles. The molecule has 0 bridgehead atoms. The number of halogens is 1. The van der Waals surface area contributed by atoms with Crippen LogP contribution in [0.2, 0.25) is 0 Å². The Labute approximate surface area is 182 Å². The van der Waals surface area contributed by atoms with E-state index >= 15 is 0 Å². The van der Waals surface area contributed by atoms with E-state index in [2.05, 4.69) is 15.9 Å². The van der Waals surface area contributed by atoms with Crippen molar-refractivity contribution in [3.8, 4) is 6.07 Å². The number of anilines is 1. The van der Waals surface area contributed by atoms with Gasteiger partial charge in [0.05, 0.1) is 11.9 Å². The van der Waals surface area contributed by atoms with Crippen LogP contribution in [0.15, 0.2) is 63.6 Å². The third kappa shape index (κ3) is 4.55. The SMILES string of the molecule is CCOC(=O)/C(C#N)=C1\S[C@@H](Cc2ccccc2C)C(=O)N1c1ccc(Br)cc1. The first-order chi connectivity index (χ1) is 14.0. The Bertz CT molecular complexity index is 1010. The van der Waals surface area contributed by atoms with Crippen molar-refractivity contribution in [2.45, 2.75) is 25.5 Å². The number of esters is 1. The second-order valence-corrected chi connectivity index (χ2v) is 8.51. The lowest BCUT2D eigenvalue weighted by molar-refractivity contribution is -0.138. The van der Waals surface area contributed by atoms with Gasteiger partial charge in [-0.3, -0.25) is 9.69 Å². The summed E-state index contributed by atoms with van der Waals surface area (Å²) in [6.07, 6.45) is 0.508. The normalized spacial score (nSPS) is 17.8. The van der Waals surface area contributed by atoms with E-state index in [9.17, 15) is 14.9 Å². The van der Waals surface area contributed by atoms with Crippen molar-refractivity contribution >= 4 is 45.3 Å². The first-order valence-electron chi connectivity index (χ1n) is 9.08. The highest BCUT2D eigenvalue weighted by atomic mass is 79.9. The first kappa shape index (κ1) is 21.2. The number of thioether (sulfide) groups is 1. The highest BCUT2D eigenvalue weighted by Crippen LogP contribution is 2.42. The van der Waals surface area contributed by atoms with E-state index in [1.54, 1.807) is 19.1 Å². The quantitative estimate of drug-likeness (QED) is 0.358. The zero-order valence-corrected chi connectivity index (χ0v) is 18.4. The third-order valence-corrected chi connectivity index (χ3v) is 6.30. The second kappa shape index (κ2) is 9.29. The molecule has 1 aliphatic heterocycles. The summed E-state index contributed by atoms with van der Waals surface area (Å²) in [5.74, 6) is -0.878. The fourth-order valence-corrected chi connectivity index (χ4v) is 4.59. The largest absolute Gasteiger partial charge is 0.462 e. The molecule has 1 heterocycles. The predicted octanol–water partition coefficient (Wildman–Crippen LogP) is 4.75. The smallest absolute Gasteiger partial charge is 0.351 e. The number of rotatable bonds is 5. The van der Waals surface area contributed by atoms with Gasteiger partial charge in [-0.1, -0.05) is 52.0 Å². The number of aryl methyl sites for hydroxylation is 1. The molecule has 29 heavy (non-hydrogen) atoms. The van der Waals surface area contributed by atoms with Crippen molar-refractivity contribution in [2.24, 2.45) is 0 Å². The second-order valence-electron chi connectivity index (χ2n) is 6.40. The number of hydrogen-bond donors (Lipinski definition) is 0. The van der Waals surface area contributed by atoms with Gasteiger partial charge < -0.3 is 4.74 Å². The Hall–Kier alpha value is -2.56. The summed E-state index contributed by atoms with van der Waals surface area (Å²) in [4.78, 5) is 27.1. The minimum absolute atomic E-state index is 0.152. The highest BCUT2D eigenvalue weighted by Gasteiger charge is 2.41. The standard InChI is InChI=1S/C22H19BrN2O3S/c1-3-28-22(27)18(13-24)21-25(17-10-8-16(23)9-11-17)20(26)19(29-21)12-15-7-5-4-6-14(15)2/h4-11,19H,3,12H2,1-2H3/b21-18-/t19-/m0/s1.